The lowest BCUT2D eigenvalue weighted by Crippen LogP contribution is -2.22. The molecule has 0 aliphatic rings. The molecule has 0 aliphatic heterocycles. The maximum atomic E-state index is 5.91. The minimum absolute atomic E-state index is 0. The highest BCUT2D eigenvalue weighted by Gasteiger charge is 1.99. The molecule has 0 heterocycles. The van der Waals surface area contributed by atoms with Crippen molar-refractivity contribution in [3.8, 4) is 0 Å². The van der Waals surface area contributed by atoms with Crippen molar-refractivity contribution in [3.63, 3.8) is 0 Å². The van der Waals surface area contributed by atoms with Crippen molar-refractivity contribution in [2.24, 2.45) is 10.7 Å². The van der Waals surface area contributed by atoms with Crippen molar-refractivity contribution in [2.75, 3.05) is 5.32 Å². The maximum absolute atomic E-state index is 5.91. The minimum Gasteiger partial charge on any atom is -0.370 e. The fourth-order valence-corrected chi connectivity index (χ4v) is 2.02. The zero-order valence-corrected chi connectivity index (χ0v) is 15.0. The highest BCUT2D eigenvalue weighted by atomic mass is 127. The van der Waals surface area contributed by atoms with Crippen LogP contribution in [0.4, 0.5) is 5.69 Å². The number of aliphatic imine (C=N–C) groups is 1. The number of hydrogen-bond acceptors (Lipinski definition) is 1. The summed E-state index contributed by atoms with van der Waals surface area (Å²) in [4.78, 5) is 4.39. The first-order valence-electron chi connectivity index (χ1n) is 6.74. The van der Waals surface area contributed by atoms with Gasteiger partial charge in [-0.2, -0.15) is 0 Å². The summed E-state index contributed by atoms with van der Waals surface area (Å²) in [5.41, 5.74) is 11.8. The van der Waals surface area contributed by atoms with Crippen LogP contribution in [0.25, 0.3) is 0 Å². The Morgan fingerprint density at radius 3 is 2.24 bits per heavy atom. The molecule has 0 radical (unpaired) electrons. The summed E-state index contributed by atoms with van der Waals surface area (Å²) in [6, 6.07) is 14.4. The van der Waals surface area contributed by atoms with Gasteiger partial charge < -0.3 is 11.1 Å². The van der Waals surface area contributed by atoms with Crippen LogP contribution in [0, 0.1) is 20.8 Å². The molecule has 21 heavy (non-hydrogen) atoms. The van der Waals surface area contributed by atoms with E-state index in [0.717, 1.165) is 5.69 Å². The molecule has 3 N–H and O–H groups in total. The summed E-state index contributed by atoms with van der Waals surface area (Å²) in [6.07, 6.45) is 0. The van der Waals surface area contributed by atoms with Crippen LogP contribution in [0.2, 0.25) is 0 Å². The molecule has 3 nitrogen and oxygen atoms in total. The highest BCUT2D eigenvalue weighted by molar-refractivity contribution is 14.0. The Bertz CT molecular complexity index is 618. The van der Waals surface area contributed by atoms with Gasteiger partial charge in [0.05, 0.1) is 6.54 Å². The molecule has 0 spiro atoms. The molecule has 112 valence electrons. The molecule has 0 unspecified atom stereocenters. The van der Waals surface area contributed by atoms with Crippen LogP contribution < -0.4 is 11.1 Å². The first-order chi connectivity index (χ1) is 9.54. The van der Waals surface area contributed by atoms with Gasteiger partial charge in [0.1, 0.15) is 0 Å². The van der Waals surface area contributed by atoms with E-state index in [1.807, 2.05) is 24.3 Å². The lowest BCUT2D eigenvalue weighted by molar-refractivity contribution is 1.04. The second kappa shape index (κ2) is 8.02. The molecule has 4 heteroatoms. The van der Waals surface area contributed by atoms with Crippen LogP contribution in [-0.4, -0.2) is 5.96 Å². The summed E-state index contributed by atoms with van der Waals surface area (Å²) in [6.45, 7) is 6.84. The van der Waals surface area contributed by atoms with Crippen molar-refractivity contribution in [1.29, 1.82) is 0 Å². The van der Waals surface area contributed by atoms with Crippen molar-refractivity contribution < 1.29 is 0 Å². The zero-order chi connectivity index (χ0) is 14.5. The Labute approximate surface area is 143 Å². The molecular weight excluding hydrogens is 373 g/mol. The molecule has 0 fully saturated rings. The quantitative estimate of drug-likeness (QED) is 0.466. The number of halogens is 1. The lowest BCUT2D eigenvalue weighted by Gasteiger charge is -2.07. The van der Waals surface area contributed by atoms with Crippen LogP contribution in [0.15, 0.2) is 47.5 Å². The Kier molecular flexibility index (Phi) is 6.68. The van der Waals surface area contributed by atoms with E-state index in [0.29, 0.717) is 12.5 Å². The topological polar surface area (TPSA) is 50.4 Å². The second-order valence-electron chi connectivity index (χ2n) is 5.12. The van der Waals surface area contributed by atoms with Crippen molar-refractivity contribution in [3.05, 3.63) is 64.7 Å². The number of nitrogens with one attached hydrogen (secondary N) is 1. The van der Waals surface area contributed by atoms with E-state index in [4.69, 9.17) is 5.73 Å². The van der Waals surface area contributed by atoms with Gasteiger partial charge in [0.2, 0.25) is 0 Å². The predicted molar refractivity (Wildman–Crippen MR) is 101 cm³/mol. The molecule has 2 aromatic rings. The molecule has 0 atom stereocenters. The van der Waals surface area contributed by atoms with Crippen LogP contribution in [0.1, 0.15) is 22.3 Å². The van der Waals surface area contributed by atoms with E-state index >= 15 is 0 Å². The number of hydrogen-bond donors (Lipinski definition) is 2. The number of nitrogens with zero attached hydrogens (tertiary/aromatic N) is 1. The van der Waals surface area contributed by atoms with Gasteiger partial charge in [0.15, 0.2) is 5.96 Å². The van der Waals surface area contributed by atoms with E-state index in [2.05, 4.69) is 49.3 Å². The van der Waals surface area contributed by atoms with Crippen molar-refractivity contribution >= 4 is 35.6 Å². The Morgan fingerprint density at radius 2 is 1.62 bits per heavy atom. The van der Waals surface area contributed by atoms with E-state index in [9.17, 15) is 0 Å². The Balaban J connectivity index is 0.00000220. The first-order valence-corrected chi connectivity index (χ1v) is 6.74. The van der Waals surface area contributed by atoms with Gasteiger partial charge in [0.25, 0.3) is 0 Å². The third kappa shape index (κ3) is 5.38. The molecule has 0 saturated carbocycles. The van der Waals surface area contributed by atoms with Gasteiger partial charge in [-0.1, -0.05) is 41.5 Å². The maximum Gasteiger partial charge on any atom is 0.193 e. The zero-order valence-electron chi connectivity index (χ0n) is 12.7. The summed E-state index contributed by atoms with van der Waals surface area (Å²) < 4.78 is 0. The number of rotatable bonds is 3. The number of anilines is 1. The van der Waals surface area contributed by atoms with Crippen LogP contribution in [0.5, 0.6) is 0 Å². The van der Waals surface area contributed by atoms with E-state index in [-0.39, 0.29) is 24.0 Å². The molecule has 0 aliphatic carbocycles. The number of benzene rings is 2. The molecule has 2 rings (SSSR count). The third-order valence-corrected chi connectivity index (χ3v) is 3.24. The van der Waals surface area contributed by atoms with E-state index in [1.165, 1.54) is 22.3 Å². The van der Waals surface area contributed by atoms with Crippen molar-refractivity contribution in [2.45, 2.75) is 27.3 Å². The number of nitrogens with two attached hydrogens (primary N) is 1. The van der Waals surface area contributed by atoms with E-state index in [1.54, 1.807) is 0 Å². The highest BCUT2D eigenvalue weighted by Crippen LogP contribution is 2.12. The molecule has 0 saturated heterocycles. The largest absolute Gasteiger partial charge is 0.370 e. The van der Waals surface area contributed by atoms with Gasteiger partial charge in [-0.25, -0.2) is 4.99 Å². The monoisotopic (exact) mass is 395 g/mol. The van der Waals surface area contributed by atoms with Crippen molar-refractivity contribution in [1.82, 2.24) is 0 Å². The van der Waals surface area contributed by atoms with Gasteiger partial charge in [-0.3, -0.25) is 0 Å². The average molecular weight is 395 g/mol. The first kappa shape index (κ1) is 17.5. The minimum atomic E-state index is 0. The molecular formula is C17H22IN3. The van der Waals surface area contributed by atoms with E-state index < -0.39 is 0 Å². The van der Waals surface area contributed by atoms with Crippen LogP contribution in [0.3, 0.4) is 0 Å². The normalized spacial score (nSPS) is 10.9. The third-order valence-electron chi connectivity index (χ3n) is 3.24. The molecule has 0 aromatic heterocycles. The van der Waals surface area contributed by atoms with Gasteiger partial charge in [-0.05, 0) is 44.0 Å². The van der Waals surface area contributed by atoms with Gasteiger partial charge in [0, 0.05) is 5.69 Å². The number of guanidine groups is 1. The summed E-state index contributed by atoms with van der Waals surface area (Å²) in [5.74, 6) is 0.439. The summed E-state index contributed by atoms with van der Waals surface area (Å²) in [5, 5.41) is 3.10. The van der Waals surface area contributed by atoms with Gasteiger partial charge >= 0.3 is 0 Å². The fraction of sp³-hybridized carbons (Fsp3) is 0.235. The summed E-state index contributed by atoms with van der Waals surface area (Å²) >= 11 is 0. The average Bonchev–Trinajstić information content (AvgIpc) is 2.40. The number of aryl methyl sites for hydroxylation is 3. The lowest BCUT2D eigenvalue weighted by atomic mass is 10.1. The van der Waals surface area contributed by atoms with Crippen LogP contribution in [-0.2, 0) is 6.54 Å². The molecule has 0 amide bonds. The SMILES string of the molecule is Cc1ccc(NC(N)=NCc2ccc(C)cc2C)cc1.I. The second-order valence-corrected chi connectivity index (χ2v) is 5.12. The standard InChI is InChI=1S/C17H21N3.HI/c1-12-5-8-16(9-6-12)20-17(18)19-11-15-7-4-13(2)10-14(15)3;/h4-10H,11H2,1-3H3,(H3,18,19,20);1H. The molecule has 0 bridgehead atoms. The smallest absolute Gasteiger partial charge is 0.193 e. The fourth-order valence-electron chi connectivity index (χ4n) is 2.02. The predicted octanol–water partition coefficient (Wildman–Crippen LogP) is 4.16. The molecule has 2 aromatic carbocycles. The van der Waals surface area contributed by atoms with Gasteiger partial charge in [-0.15, -0.1) is 24.0 Å². The van der Waals surface area contributed by atoms with Crippen LogP contribution >= 0.6 is 24.0 Å². The summed E-state index contributed by atoms with van der Waals surface area (Å²) in [7, 11) is 0. The Hall–Kier alpha value is -1.56. The Morgan fingerprint density at radius 1 is 1.00 bits per heavy atom.